The van der Waals surface area contributed by atoms with Crippen LogP contribution in [-0.4, -0.2) is 19.1 Å². The highest BCUT2D eigenvalue weighted by atomic mass is 79.9. The fourth-order valence-electron chi connectivity index (χ4n) is 1.79. The second-order valence-electron chi connectivity index (χ2n) is 3.57. The van der Waals surface area contributed by atoms with Gasteiger partial charge in [0.15, 0.2) is 0 Å². The van der Waals surface area contributed by atoms with E-state index in [1.54, 1.807) is 0 Å². The van der Waals surface area contributed by atoms with Crippen molar-refractivity contribution < 1.29 is 9.53 Å². The quantitative estimate of drug-likeness (QED) is 0.807. The van der Waals surface area contributed by atoms with Gasteiger partial charge in [0.25, 0.3) is 0 Å². The zero-order valence-electron chi connectivity index (χ0n) is 8.83. The number of carbonyl (C=O) groups is 1. The third-order valence-electron chi connectivity index (χ3n) is 2.62. The summed E-state index contributed by atoms with van der Waals surface area (Å²) >= 11 is 3.43. The van der Waals surface area contributed by atoms with Gasteiger partial charge < -0.3 is 10.1 Å². The molecule has 0 radical (unpaired) electrons. The van der Waals surface area contributed by atoms with Crippen molar-refractivity contribution in [1.82, 2.24) is 5.32 Å². The first-order valence-corrected chi connectivity index (χ1v) is 5.58. The third kappa shape index (κ3) is 2.75. The van der Waals surface area contributed by atoms with Crippen molar-refractivity contribution in [2.24, 2.45) is 0 Å². The van der Waals surface area contributed by atoms with E-state index in [9.17, 15) is 4.79 Å². The molecule has 16 heavy (non-hydrogen) atoms. The predicted molar refractivity (Wildman–Crippen MR) is 67.7 cm³/mol. The van der Waals surface area contributed by atoms with Crippen molar-refractivity contribution in [2.75, 3.05) is 7.11 Å². The van der Waals surface area contributed by atoms with Crippen LogP contribution in [0.25, 0.3) is 0 Å². The van der Waals surface area contributed by atoms with Crippen LogP contribution in [0.4, 0.5) is 0 Å². The minimum absolute atomic E-state index is 0. The summed E-state index contributed by atoms with van der Waals surface area (Å²) in [6.07, 6.45) is 0.696. The number of hydrogen-bond acceptors (Lipinski definition) is 3. The number of hydrogen-bond donors (Lipinski definition) is 1. The topological polar surface area (TPSA) is 38.3 Å². The van der Waals surface area contributed by atoms with Crippen LogP contribution in [0.5, 0.6) is 0 Å². The van der Waals surface area contributed by atoms with E-state index in [0.717, 1.165) is 11.0 Å². The van der Waals surface area contributed by atoms with Crippen LogP contribution in [-0.2, 0) is 22.5 Å². The van der Waals surface area contributed by atoms with Gasteiger partial charge in [0.2, 0.25) is 0 Å². The van der Waals surface area contributed by atoms with Gasteiger partial charge in [0, 0.05) is 11.0 Å². The first-order valence-electron chi connectivity index (χ1n) is 4.79. The van der Waals surface area contributed by atoms with E-state index in [4.69, 9.17) is 4.74 Å². The molecule has 0 fully saturated rings. The van der Waals surface area contributed by atoms with E-state index in [1.165, 1.54) is 18.2 Å². The highest BCUT2D eigenvalue weighted by molar-refractivity contribution is 9.10. The Balaban J connectivity index is 0.00000128. The van der Waals surface area contributed by atoms with E-state index in [2.05, 4.69) is 33.4 Å². The minimum Gasteiger partial charge on any atom is -0.468 e. The summed E-state index contributed by atoms with van der Waals surface area (Å²) in [5.74, 6) is -0.194. The number of benzene rings is 1. The Morgan fingerprint density at radius 3 is 2.94 bits per heavy atom. The van der Waals surface area contributed by atoms with E-state index in [-0.39, 0.29) is 24.4 Å². The first-order chi connectivity index (χ1) is 7.20. The molecule has 1 aromatic rings. The molecular weight excluding hydrogens is 293 g/mol. The number of esters is 1. The number of nitrogens with one attached hydrogen (secondary N) is 1. The molecule has 0 aliphatic carbocycles. The van der Waals surface area contributed by atoms with Crippen molar-refractivity contribution in [2.45, 2.75) is 19.0 Å². The normalized spacial score (nSPS) is 18.2. The lowest BCUT2D eigenvalue weighted by atomic mass is 9.96. The maximum Gasteiger partial charge on any atom is 0.323 e. The van der Waals surface area contributed by atoms with Crippen LogP contribution in [0.3, 0.4) is 0 Å². The largest absolute Gasteiger partial charge is 0.468 e. The number of ether oxygens (including phenoxy) is 1. The lowest BCUT2D eigenvalue weighted by Gasteiger charge is -2.24. The Hall–Kier alpha value is -0.580. The van der Waals surface area contributed by atoms with Gasteiger partial charge in [-0.05, 0) is 29.7 Å². The van der Waals surface area contributed by atoms with E-state index in [0.29, 0.717) is 6.42 Å². The molecule has 0 bridgehead atoms. The molecule has 0 aromatic heterocycles. The molecule has 1 atom stereocenters. The third-order valence-corrected chi connectivity index (χ3v) is 3.11. The van der Waals surface area contributed by atoms with Gasteiger partial charge in [0.05, 0.1) is 7.11 Å². The lowest BCUT2D eigenvalue weighted by Crippen LogP contribution is -2.42. The Labute approximate surface area is 109 Å². The highest BCUT2D eigenvalue weighted by Crippen LogP contribution is 2.21. The number of fused-ring (bicyclic) bond motifs is 1. The van der Waals surface area contributed by atoms with Crippen LogP contribution in [0.1, 0.15) is 11.1 Å². The van der Waals surface area contributed by atoms with Crippen LogP contribution in [0, 0.1) is 0 Å². The Morgan fingerprint density at radius 1 is 1.50 bits per heavy atom. The average molecular weight is 307 g/mol. The molecule has 1 aliphatic rings. The molecule has 1 heterocycles. The predicted octanol–water partition coefficient (Wildman–Crippen LogP) is 2.06. The summed E-state index contributed by atoms with van der Waals surface area (Å²) in [6.45, 7) is 0.725. The summed E-state index contributed by atoms with van der Waals surface area (Å²) in [7, 11) is 1.42. The maximum atomic E-state index is 11.4. The molecule has 5 heteroatoms. The summed E-state index contributed by atoms with van der Waals surface area (Å²) in [6, 6.07) is 5.93. The molecule has 0 saturated heterocycles. The molecule has 0 saturated carbocycles. The Kier molecular flexibility index (Phi) is 4.77. The molecule has 2 rings (SSSR count). The molecule has 88 valence electrons. The van der Waals surface area contributed by atoms with Gasteiger partial charge >= 0.3 is 5.97 Å². The van der Waals surface area contributed by atoms with Crippen molar-refractivity contribution in [3.63, 3.8) is 0 Å². The molecule has 1 aromatic carbocycles. The maximum absolute atomic E-state index is 11.4. The van der Waals surface area contributed by atoms with Gasteiger partial charge in [-0.3, -0.25) is 4.79 Å². The van der Waals surface area contributed by atoms with E-state index >= 15 is 0 Å². The second-order valence-corrected chi connectivity index (χ2v) is 4.49. The molecule has 0 spiro atoms. The van der Waals surface area contributed by atoms with Crippen LogP contribution in [0.2, 0.25) is 0 Å². The van der Waals surface area contributed by atoms with Crippen molar-refractivity contribution in [3.05, 3.63) is 33.8 Å². The van der Waals surface area contributed by atoms with Crippen LogP contribution in [0.15, 0.2) is 22.7 Å². The SMILES string of the molecule is COC(=O)C1Cc2cc(Br)ccc2CN1.Cl. The number of carbonyl (C=O) groups excluding carboxylic acids is 1. The zero-order valence-corrected chi connectivity index (χ0v) is 11.2. The van der Waals surface area contributed by atoms with Gasteiger partial charge in [-0.2, -0.15) is 0 Å². The van der Waals surface area contributed by atoms with Crippen LogP contribution >= 0.6 is 28.3 Å². The van der Waals surface area contributed by atoms with Gasteiger partial charge in [-0.25, -0.2) is 0 Å². The fourth-order valence-corrected chi connectivity index (χ4v) is 2.20. The molecule has 0 amide bonds. The van der Waals surface area contributed by atoms with Crippen LogP contribution < -0.4 is 5.32 Å². The minimum atomic E-state index is -0.211. The summed E-state index contributed by atoms with van der Waals surface area (Å²) in [4.78, 5) is 11.4. The molecule has 1 N–H and O–H groups in total. The first kappa shape index (κ1) is 13.5. The summed E-state index contributed by atoms with van der Waals surface area (Å²) in [5, 5.41) is 3.16. The number of halogens is 2. The number of rotatable bonds is 1. The lowest BCUT2D eigenvalue weighted by molar-refractivity contribution is -0.143. The zero-order chi connectivity index (χ0) is 10.8. The fraction of sp³-hybridized carbons (Fsp3) is 0.364. The van der Waals surface area contributed by atoms with Crippen molar-refractivity contribution in [1.29, 1.82) is 0 Å². The van der Waals surface area contributed by atoms with Crippen molar-refractivity contribution in [3.8, 4) is 0 Å². The monoisotopic (exact) mass is 305 g/mol. The number of methoxy groups -OCH3 is 1. The van der Waals surface area contributed by atoms with E-state index in [1.807, 2.05) is 6.07 Å². The Bertz CT molecular complexity index is 398. The standard InChI is InChI=1S/C11H12BrNO2.ClH/c1-15-11(14)10-5-8-4-9(12)3-2-7(8)6-13-10;/h2-4,10,13H,5-6H2,1H3;1H. The molecular formula is C11H13BrClNO2. The molecule has 1 unspecified atom stereocenters. The van der Waals surface area contributed by atoms with Gasteiger partial charge in [-0.1, -0.05) is 22.0 Å². The second kappa shape index (κ2) is 5.66. The average Bonchev–Trinajstić information content (AvgIpc) is 2.27. The van der Waals surface area contributed by atoms with E-state index < -0.39 is 0 Å². The Morgan fingerprint density at radius 2 is 2.25 bits per heavy atom. The molecule has 3 nitrogen and oxygen atoms in total. The van der Waals surface area contributed by atoms with Gasteiger partial charge in [-0.15, -0.1) is 12.4 Å². The highest BCUT2D eigenvalue weighted by Gasteiger charge is 2.24. The summed E-state index contributed by atoms with van der Waals surface area (Å²) in [5.41, 5.74) is 2.46. The van der Waals surface area contributed by atoms with Crippen molar-refractivity contribution >= 4 is 34.3 Å². The summed E-state index contributed by atoms with van der Waals surface area (Å²) < 4.78 is 5.77. The molecule has 1 aliphatic heterocycles. The van der Waals surface area contributed by atoms with Gasteiger partial charge in [0.1, 0.15) is 6.04 Å². The smallest absolute Gasteiger partial charge is 0.323 e.